The minimum Gasteiger partial charge on any atom is -0.386 e. The SMILES string of the molecule is COCC(O)c1cc(C)ccc1C. The highest BCUT2D eigenvalue weighted by molar-refractivity contribution is 5.32. The third kappa shape index (κ3) is 2.54. The molecule has 0 saturated heterocycles. The number of aryl methyl sites for hydroxylation is 2. The Labute approximate surface area is 79.2 Å². The van der Waals surface area contributed by atoms with Crippen LogP contribution in [0.1, 0.15) is 22.8 Å². The summed E-state index contributed by atoms with van der Waals surface area (Å²) in [5, 5.41) is 9.70. The van der Waals surface area contributed by atoms with E-state index in [1.54, 1.807) is 7.11 Å². The second-order valence-electron chi connectivity index (χ2n) is 3.33. The molecule has 0 heterocycles. The zero-order valence-corrected chi connectivity index (χ0v) is 8.37. The van der Waals surface area contributed by atoms with Crippen molar-refractivity contribution in [2.45, 2.75) is 20.0 Å². The van der Waals surface area contributed by atoms with Crippen molar-refractivity contribution < 1.29 is 9.84 Å². The molecule has 0 radical (unpaired) electrons. The number of rotatable bonds is 3. The molecule has 2 nitrogen and oxygen atoms in total. The van der Waals surface area contributed by atoms with Crippen molar-refractivity contribution in [3.8, 4) is 0 Å². The van der Waals surface area contributed by atoms with Crippen LogP contribution in [-0.2, 0) is 4.74 Å². The van der Waals surface area contributed by atoms with E-state index in [0.717, 1.165) is 16.7 Å². The first-order valence-electron chi connectivity index (χ1n) is 4.39. The summed E-state index contributed by atoms with van der Waals surface area (Å²) in [6, 6.07) is 6.06. The van der Waals surface area contributed by atoms with E-state index in [2.05, 4.69) is 0 Å². The van der Waals surface area contributed by atoms with E-state index in [9.17, 15) is 5.11 Å². The summed E-state index contributed by atoms with van der Waals surface area (Å²) in [6.45, 7) is 4.36. The molecule has 0 aliphatic carbocycles. The Kier molecular flexibility index (Phi) is 3.46. The lowest BCUT2D eigenvalue weighted by molar-refractivity contribution is 0.0640. The van der Waals surface area contributed by atoms with Gasteiger partial charge in [0.25, 0.3) is 0 Å². The van der Waals surface area contributed by atoms with E-state index < -0.39 is 6.10 Å². The van der Waals surface area contributed by atoms with E-state index in [0.29, 0.717) is 6.61 Å². The van der Waals surface area contributed by atoms with E-state index in [1.807, 2.05) is 32.0 Å². The lowest BCUT2D eigenvalue weighted by atomic mass is 10.0. The number of hydrogen-bond acceptors (Lipinski definition) is 2. The van der Waals surface area contributed by atoms with Gasteiger partial charge in [0.15, 0.2) is 0 Å². The molecule has 0 aromatic heterocycles. The molecule has 0 aliphatic heterocycles. The highest BCUT2D eigenvalue weighted by atomic mass is 16.5. The Hall–Kier alpha value is -0.860. The Balaban J connectivity index is 2.91. The van der Waals surface area contributed by atoms with Crippen molar-refractivity contribution in [2.24, 2.45) is 0 Å². The van der Waals surface area contributed by atoms with Gasteiger partial charge in [0.1, 0.15) is 6.10 Å². The monoisotopic (exact) mass is 180 g/mol. The zero-order chi connectivity index (χ0) is 9.84. The second kappa shape index (κ2) is 4.40. The van der Waals surface area contributed by atoms with Gasteiger partial charge in [0.2, 0.25) is 0 Å². The van der Waals surface area contributed by atoms with E-state index in [-0.39, 0.29) is 0 Å². The molecule has 1 aromatic carbocycles. The van der Waals surface area contributed by atoms with Gasteiger partial charge in [-0.15, -0.1) is 0 Å². The van der Waals surface area contributed by atoms with Crippen LogP contribution in [0.15, 0.2) is 18.2 Å². The number of methoxy groups -OCH3 is 1. The van der Waals surface area contributed by atoms with Gasteiger partial charge in [0, 0.05) is 7.11 Å². The average Bonchev–Trinajstić information content (AvgIpc) is 2.09. The minimum atomic E-state index is -0.509. The van der Waals surface area contributed by atoms with Gasteiger partial charge in [-0.3, -0.25) is 0 Å². The molecule has 0 bridgehead atoms. The number of benzene rings is 1. The first kappa shape index (κ1) is 10.2. The highest BCUT2D eigenvalue weighted by Gasteiger charge is 2.09. The smallest absolute Gasteiger partial charge is 0.103 e. The summed E-state index contributed by atoms with van der Waals surface area (Å²) in [6.07, 6.45) is -0.509. The fraction of sp³-hybridized carbons (Fsp3) is 0.455. The third-order valence-corrected chi connectivity index (χ3v) is 2.12. The topological polar surface area (TPSA) is 29.5 Å². The van der Waals surface area contributed by atoms with Crippen LogP contribution in [0.3, 0.4) is 0 Å². The fourth-order valence-electron chi connectivity index (χ4n) is 1.37. The molecule has 2 heteroatoms. The standard InChI is InChI=1S/C11H16O2/c1-8-4-5-9(2)10(6-8)11(12)7-13-3/h4-6,11-12H,7H2,1-3H3. The zero-order valence-electron chi connectivity index (χ0n) is 8.37. The molecule has 0 aliphatic rings. The van der Waals surface area contributed by atoms with Crippen LogP contribution >= 0.6 is 0 Å². The quantitative estimate of drug-likeness (QED) is 0.770. The Morgan fingerprint density at radius 2 is 2.08 bits per heavy atom. The van der Waals surface area contributed by atoms with E-state index in [1.165, 1.54) is 0 Å². The van der Waals surface area contributed by atoms with Crippen molar-refractivity contribution >= 4 is 0 Å². The van der Waals surface area contributed by atoms with Crippen LogP contribution < -0.4 is 0 Å². The summed E-state index contributed by atoms with van der Waals surface area (Å²) < 4.78 is 4.90. The van der Waals surface area contributed by atoms with Gasteiger partial charge >= 0.3 is 0 Å². The summed E-state index contributed by atoms with van der Waals surface area (Å²) in [5.41, 5.74) is 3.23. The van der Waals surface area contributed by atoms with Crippen LogP contribution in [-0.4, -0.2) is 18.8 Å². The lowest BCUT2D eigenvalue weighted by Gasteiger charge is -2.13. The van der Waals surface area contributed by atoms with Crippen LogP contribution in [0.4, 0.5) is 0 Å². The van der Waals surface area contributed by atoms with E-state index >= 15 is 0 Å². The predicted octanol–water partition coefficient (Wildman–Crippen LogP) is 1.98. The van der Waals surface area contributed by atoms with Crippen molar-refractivity contribution in [3.63, 3.8) is 0 Å². The number of aliphatic hydroxyl groups is 1. The molecule has 72 valence electrons. The highest BCUT2D eigenvalue weighted by Crippen LogP contribution is 2.18. The fourth-order valence-corrected chi connectivity index (χ4v) is 1.37. The number of aliphatic hydroxyl groups excluding tert-OH is 1. The molecule has 1 aromatic rings. The molecule has 1 N–H and O–H groups in total. The largest absolute Gasteiger partial charge is 0.386 e. The number of hydrogen-bond donors (Lipinski definition) is 1. The minimum absolute atomic E-state index is 0.351. The summed E-state index contributed by atoms with van der Waals surface area (Å²) >= 11 is 0. The van der Waals surface area contributed by atoms with Crippen molar-refractivity contribution in [1.82, 2.24) is 0 Å². The first-order valence-corrected chi connectivity index (χ1v) is 4.39. The third-order valence-electron chi connectivity index (χ3n) is 2.12. The maximum atomic E-state index is 9.70. The summed E-state index contributed by atoms with van der Waals surface area (Å²) in [7, 11) is 1.59. The summed E-state index contributed by atoms with van der Waals surface area (Å²) in [5.74, 6) is 0. The predicted molar refractivity (Wildman–Crippen MR) is 52.8 cm³/mol. The van der Waals surface area contributed by atoms with Crippen molar-refractivity contribution in [2.75, 3.05) is 13.7 Å². The van der Waals surface area contributed by atoms with Crippen molar-refractivity contribution in [3.05, 3.63) is 34.9 Å². The molecular weight excluding hydrogens is 164 g/mol. The molecular formula is C11H16O2. The van der Waals surface area contributed by atoms with Crippen LogP contribution in [0.25, 0.3) is 0 Å². The summed E-state index contributed by atoms with van der Waals surface area (Å²) in [4.78, 5) is 0. The van der Waals surface area contributed by atoms with Gasteiger partial charge in [-0.05, 0) is 25.0 Å². The molecule has 1 rings (SSSR count). The van der Waals surface area contributed by atoms with Crippen LogP contribution in [0, 0.1) is 13.8 Å². The molecule has 0 spiro atoms. The first-order chi connectivity index (χ1) is 6.15. The average molecular weight is 180 g/mol. The van der Waals surface area contributed by atoms with Gasteiger partial charge in [-0.25, -0.2) is 0 Å². The lowest BCUT2D eigenvalue weighted by Crippen LogP contribution is -2.06. The maximum absolute atomic E-state index is 9.70. The van der Waals surface area contributed by atoms with Gasteiger partial charge < -0.3 is 9.84 Å². The van der Waals surface area contributed by atoms with Crippen LogP contribution in [0.2, 0.25) is 0 Å². The molecule has 0 amide bonds. The normalized spacial score (nSPS) is 12.9. The Bertz CT molecular complexity index is 281. The Morgan fingerprint density at radius 1 is 1.38 bits per heavy atom. The van der Waals surface area contributed by atoms with E-state index in [4.69, 9.17) is 4.74 Å². The Morgan fingerprint density at radius 3 is 2.69 bits per heavy atom. The molecule has 1 unspecified atom stereocenters. The molecule has 1 atom stereocenters. The second-order valence-corrected chi connectivity index (χ2v) is 3.33. The molecule has 0 fully saturated rings. The molecule has 0 saturated carbocycles. The van der Waals surface area contributed by atoms with Gasteiger partial charge in [0.05, 0.1) is 6.61 Å². The van der Waals surface area contributed by atoms with Crippen LogP contribution in [0.5, 0.6) is 0 Å². The van der Waals surface area contributed by atoms with Gasteiger partial charge in [-0.1, -0.05) is 23.8 Å². The van der Waals surface area contributed by atoms with Crippen molar-refractivity contribution in [1.29, 1.82) is 0 Å². The maximum Gasteiger partial charge on any atom is 0.103 e. The molecule has 13 heavy (non-hydrogen) atoms. The number of ether oxygens (including phenoxy) is 1. The van der Waals surface area contributed by atoms with Gasteiger partial charge in [-0.2, -0.15) is 0 Å².